The first-order valence-electron chi connectivity index (χ1n) is 9.27. The summed E-state index contributed by atoms with van der Waals surface area (Å²) in [4.78, 5) is 20.8. The van der Waals surface area contributed by atoms with Gasteiger partial charge in [-0.05, 0) is 55.8 Å². The maximum Gasteiger partial charge on any atom is 0.270 e. The molecule has 0 saturated heterocycles. The van der Waals surface area contributed by atoms with Crippen molar-refractivity contribution in [1.29, 1.82) is 0 Å². The predicted molar refractivity (Wildman–Crippen MR) is 112 cm³/mol. The average molecular weight is 392 g/mol. The number of benzene rings is 2. The third-order valence-corrected chi connectivity index (χ3v) is 4.23. The summed E-state index contributed by atoms with van der Waals surface area (Å²) >= 11 is 0. The van der Waals surface area contributed by atoms with Crippen molar-refractivity contribution in [1.82, 2.24) is 15.3 Å². The van der Waals surface area contributed by atoms with E-state index in [2.05, 4.69) is 26.7 Å². The number of hydrogen-bond acceptors (Lipinski definition) is 6. The van der Waals surface area contributed by atoms with E-state index in [0.29, 0.717) is 24.8 Å². The highest BCUT2D eigenvalue weighted by Gasteiger charge is 2.09. The van der Waals surface area contributed by atoms with Crippen LogP contribution in [0.25, 0.3) is 0 Å². The Morgan fingerprint density at radius 3 is 2.52 bits per heavy atom. The minimum Gasteiger partial charge on any atom is -0.497 e. The molecule has 1 aromatic heterocycles. The number of nitrogens with zero attached hydrogens (tertiary/aromatic N) is 2. The Kier molecular flexibility index (Phi) is 6.63. The molecule has 0 aliphatic rings. The molecule has 0 atom stereocenters. The highest BCUT2D eigenvalue weighted by Crippen LogP contribution is 2.19. The van der Waals surface area contributed by atoms with E-state index in [9.17, 15) is 4.79 Å². The molecule has 150 valence electrons. The molecule has 29 heavy (non-hydrogen) atoms. The van der Waals surface area contributed by atoms with Crippen LogP contribution in [0, 0.1) is 13.8 Å². The summed E-state index contributed by atoms with van der Waals surface area (Å²) in [6.07, 6.45) is 1.56. The third kappa shape index (κ3) is 5.68. The second kappa shape index (κ2) is 9.54. The molecule has 0 saturated carbocycles. The van der Waals surface area contributed by atoms with Gasteiger partial charge in [0.05, 0.1) is 13.7 Å². The second-order valence-electron chi connectivity index (χ2n) is 6.49. The first-order chi connectivity index (χ1) is 14.0. The highest BCUT2D eigenvalue weighted by molar-refractivity contribution is 5.92. The zero-order valence-corrected chi connectivity index (χ0v) is 16.7. The van der Waals surface area contributed by atoms with E-state index >= 15 is 0 Å². The average Bonchev–Trinajstić information content (AvgIpc) is 2.74. The Hall–Kier alpha value is -3.61. The normalized spacial score (nSPS) is 10.3. The molecule has 0 bridgehead atoms. The number of aromatic nitrogens is 2. The molecule has 3 aromatic rings. The van der Waals surface area contributed by atoms with E-state index in [-0.39, 0.29) is 11.6 Å². The SMILES string of the molecule is COc1ccc(OCCNC(=O)c2ccnc(Nc3ccc(C)cc3C)n2)cc1. The van der Waals surface area contributed by atoms with Crippen LogP contribution in [0.2, 0.25) is 0 Å². The van der Waals surface area contributed by atoms with E-state index in [4.69, 9.17) is 9.47 Å². The second-order valence-corrected chi connectivity index (χ2v) is 6.49. The van der Waals surface area contributed by atoms with Gasteiger partial charge in [-0.2, -0.15) is 0 Å². The fourth-order valence-corrected chi connectivity index (χ4v) is 2.72. The molecule has 0 unspecified atom stereocenters. The molecule has 3 rings (SSSR count). The molecule has 0 aliphatic carbocycles. The number of methoxy groups -OCH3 is 1. The summed E-state index contributed by atoms with van der Waals surface area (Å²) in [5.41, 5.74) is 3.45. The lowest BCUT2D eigenvalue weighted by Crippen LogP contribution is -2.29. The van der Waals surface area contributed by atoms with Gasteiger partial charge >= 0.3 is 0 Å². The van der Waals surface area contributed by atoms with E-state index in [1.54, 1.807) is 19.4 Å². The van der Waals surface area contributed by atoms with Gasteiger partial charge in [0.2, 0.25) is 5.95 Å². The van der Waals surface area contributed by atoms with Crippen molar-refractivity contribution in [2.75, 3.05) is 25.6 Å². The van der Waals surface area contributed by atoms with Crippen molar-refractivity contribution in [3.8, 4) is 11.5 Å². The molecule has 1 heterocycles. The fourth-order valence-electron chi connectivity index (χ4n) is 2.72. The maximum absolute atomic E-state index is 12.4. The van der Waals surface area contributed by atoms with E-state index < -0.39 is 0 Å². The van der Waals surface area contributed by atoms with Crippen molar-refractivity contribution in [2.24, 2.45) is 0 Å². The molecule has 2 aromatic carbocycles. The van der Waals surface area contributed by atoms with Gasteiger partial charge in [0.1, 0.15) is 23.8 Å². The molecule has 2 N–H and O–H groups in total. The van der Waals surface area contributed by atoms with Crippen LogP contribution in [0.4, 0.5) is 11.6 Å². The van der Waals surface area contributed by atoms with Crippen LogP contribution in [-0.4, -0.2) is 36.1 Å². The van der Waals surface area contributed by atoms with E-state index in [1.165, 1.54) is 5.56 Å². The number of carbonyl (C=O) groups is 1. The number of anilines is 2. The lowest BCUT2D eigenvalue weighted by atomic mass is 10.1. The van der Waals surface area contributed by atoms with Crippen molar-refractivity contribution < 1.29 is 14.3 Å². The van der Waals surface area contributed by atoms with Gasteiger partial charge in [0, 0.05) is 11.9 Å². The lowest BCUT2D eigenvalue weighted by molar-refractivity contribution is 0.0942. The molecule has 7 nitrogen and oxygen atoms in total. The number of rotatable bonds is 8. The summed E-state index contributed by atoms with van der Waals surface area (Å²) < 4.78 is 10.7. The molecule has 0 fully saturated rings. The van der Waals surface area contributed by atoms with Crippen molar-refractivity contribution >= 4 is 17.5 Å². The van der Waals surface area contributed by atoms with Crippen LogP contribution >= 0.6 is 0 Å². The molecule has 0 aliphatic heterocycles. The van der Waals surface area contributed by atoms with Crippen molar-refractivity contribution in [2.45, 2.75) is 13.8 Å². The van der Waals surface area contributed by atoms with Crippen molar-refractivity contribution in [3.63, 3.8) is 0 Å². The van der Waals surface area contributed by atoms with Gasteiger partial charge in [-0.25, -0.2) is 9.97 Å². The fraction of sp³-hybridized carbons (Fsp3) is 0.227. The number of hydrogen-bond donors (Lipinski definition) is 2. The Morgan fingerprint density at radius 1 is 1.03 bits per heavy atom. The summed E-state index contributed by atoms with van der Waals surface area (Å²) in [7, 11) is 1.61. The van der Waals surface area contributed by atoms with Crippen LogP contribution < -0.4 is 20.1 Å². The van der Waals surface area contributed by atoms with Crippen LogP contribution in [0.15, 0.2) is 54.7 Å². The largest absolute Gasteiger partial charge is 0.497 e. The molecule has 1 amide bonds. The number of nitrogens with one attached hydrogen (secondary N) is 2. The third-order valence-electron chi connectivity index (χ3n) is 4.23. The Balaban J connectivity index is 1.52. The zero-order valence-electron chi connectivity index (χ0n) is 16.7. The predicted octanol–water partition coefficient (Wildman–Crippen LogP) is 3.65. The first kappa shape index (κ1) is 20.1. The van der Waals surface area contributed by atoms with Gasteiger partial charge in [0.25, 0.3) is 5.91 Å². The Bertz CT molecular complexity index is 974. The lowest BCUT2D eigenvalue weighted by Gasteiger charge is -2.10. The monoisotopic (exact) mass is 392 g/mol. The van der Waals surface area contributed by atoms with Crippen LogP contribution in [-0.2, 0) is 0 Å². The van der Waals surface area contributed by atoms with Gasteiger partial charge in [0.15, 0.2) is 0 Å². The van der Waals surface area contributed by atoms with Crippen LogP contribution in [0.3, 0.4) is 0 Å². The van der Waals surface area contributed by atoms with Gasteiger partial charge in [-0.15, -0.1) is 0 Å². The maximum atomic E-state index is 12.4. The molecule has 7 heteroatoms. The quantitative estimate of drug-likeness (QED) is 0.569. The summed E-state index contributed by atoms with van der Waals surface area (Å²) in [6.45, 7) is 4.75. The van der Waals surface area contributed by atoms with Gasteiger partial charge < -0.3 is 20.1 Å². The van der Waals surface area contributed by atoms with Crippen LogP contribution in [0.1, 0.15) is 21.6 Å². The zero-order chi connectivity index (χ0) is 20.6. The number of aryl methyl sites for hydroxylation is 2. The van der Waals surface area contributed by atoms with Gasteiger partial charge in [-0.3, -0.25) is 4.79 Å². The van der Waals surface area contributed by atoms with Crippen molar-refractivity contribution in [3.05, 3.63) is 71.5 Å². The Labute approximate surface area is 170 Å². The summed E-state index contributed by atoms with van der Waals surface area (Å²) in [5.74, 6) is 1.56. The first-order valence-corrected chi connectivity index (χ1v) is 9.27. The smallest absolute Gasteiger partial charge is 0.270 e. The minimum absolute atomic E-state index is 0.283. The number of ether oxygens (including phenoxy) is 2. The molecule has 0 spiro atoms. The Morgan fingerprint density at radius 2 is 1.79 bits per heavy atom. The number of carbonyl (C=O) groups excluding carboxylic acids is 1. The molecular weight excluding hydrogens is 368 g/mol. The topological polar surface area (TPSA) is 85.4 Å². The highest BCUT2D eigenvalue weighted by atomic mass is 16.5. The standard InChI is InChI=1S/C22H24N4O3/c1-15-4-9-19(16(2)14-15)25-22-24-11-10-20(26-22)21(27)23-12-13-29-18-7-5-17(28-3)6-8-18/h4-11,14H,12-13H2,1-3H3,(H,23,27)(H,24,25,26). The summed E-state index contributed by atoms with van der Waals surface area (Å²) in [6, 6.07) is 14.9. The minimum atomic E-state index is -0.283. The summed E-state index contributed by atoms with van der Waals surface area (Å²) in [5, 5.41) is 5.95. The van der Waals surface area contributed by atoms with Gasteiger partial charge in [-0.1, -0.05) is 17.7 Å². The molecule has 0 radical (unpaired) electrons. The number of amides is 1. The van der Waals surface area contributed by atoms with E-state index in [1.807, 2.05) is 50.2 Å². The molecular formula is C22H24N4O3. The van der Waals surface area contributed by atoms with Crippen LogP contribution in [0.5, 0.6) is 11.5 Å². The van der Waals surface area contributed by atoms with E-state index in [0.717, 1.165) is 17.0 Å².